The zero-order valence-corrected chi connectivity index (χ0v) is 12.7. The Kier molecular flexibility index (Phi) is 8.02. The minimum Gasteiger partial charge on any atom is -0.481 e. The number of hydrogen-bond donors (Lipinski definition) is 2. The van der Waals surface area contributed by atoms with Crippen LogP contribution < -0.4 is 5.73 Å². The van der Waals surface area contributed by atoms with Crippen LogP contribution in [0.4, 0.5) is 0 Å². The SMILES string of the molecule is CC(C)CC(CC(=O)O)C(N)C(=O)OC(Cl)C(C)C. The fraction of sp³-hybridized carbons (Fsp3) is 0.846. The lowest BCUT2D eigenvalue weighted by Gasteiger charge is -2.24. The lowest BCUT2D eigenvalue weighted by atomic mass is 9.88. The van der Waals surface area contributed by atoms with Crippen LogP contribution in [-0.2, 0) is 14.3 Å². The predicted octanol–water partition coefficient (Wildman–Crippen LogP) is 2.21. The number of alkyl halides is 1. The van der Waals surface area contributed by atoms with Gasteiger partial charge in [0.05, 0.1) is 6.42 Å². The first kappa shape index (κ1) is 18.2. The molecule has 0 amide bonds. The van der Waals surface area contributed by atoms with Gasteiger partial charge in [-0.1, -0.05) is 39.3 Å². The van der Waals surface area contributed by atoms with Crippen molar-refractivity contribution in [3.05, 3.63) is 0 Å². The van der Waals surface area contributed by atoms with E-state index in [-0.39, 0.29) is 18.3 Å². The van der Waals surface area contributed by atoms with Crippen LogP contribution in [0, 0.1) is 17.8 Å². The van der Waals surface area contributed by atoms with E-state index in [1.165, 1.54) is 0 Å². The minimum atomic E-state index is -0.972. The molecule has 3 unspecified atom stereocenters. The number of carbonyl (C=O) groups is 2. The Morgan fingerprint density at radius 2 is 1.79 bits per heavy atom. The summed E-state index contributed by atoms with van der Waals surface area (Å²) in [5.74, 6) is -1.83. The lowest BCUT2D eigenvalue weighted by Crippen LogP contribution is -2.42. The van der Waals surface area contributed by atoms with E-state index in [2.05, 4.69) is 0 Å². The maximum Gasteiger partial charge on any atom is 0.324 e. The molecule has 0 aliphatic carbocycles. The number of esters is 1. The number of carbonyl (C=O) groups excluding carboxylic acids is 1. The fourth-order valence-corrected chi connectivity index (χ4v) is 1.79. The van der Waals surface area contributed by atoms with E-state index in [0.29, 0.717) is 6.42 Å². The van der Waals surface area contributed by atoms with Gasteiger partial charge in [-0.25, -0.2) is 0 Å². The van der Waals surface area contributed by atoms with E-state index in [9.17, 15) is 9.59 Å². The van der Waals surface area contributed by atoms with Crippen LogP contribution in [0.15, 0.2) is 0 Å². The largest absolute Gasteiger partial charge is 0.481 e. The van der Waals surface area contributed by atoms with Gasteiger partial charge >= 0.3 is 11.9 Å². The first-order valence-electron chi connectivity index (χ1n) is 6.47. The molecule has 3 N–H and O–H groups in total. The number of aliphatic carboxylic acids is 1. The molecular formula is C13H24ClNO4. The van der Waals surface area contributed by atoms with Gasteiger partial charge in [0.15, 0.2) is 5.56 Å². The van der Waals surface area contributed by atoms with Crippen molar-refractivity contribution < 1.29 is 19.4 Å². The van der Waals surface area contributed by atoms with Gasteiger partial charge in [-0.3, -0.25) is 9.59 Å². The standard InChI is InChI=1S/C13H24ClNO4/c1-7(2)5-9(6-10(16)17)11(15)13(18)19-12(14)8(3)4/h7-9,11-12H,5-6,15H2,1-4H3,(H,16,17). The van der Waals surface area contributed by atoms with Crippen LogP contribution in [0.3, 0.4) is 0 Å². The summed E-state index contributed by atoms with van der Waals surface area (Å²) in [5, 5.41) is 8.86. The summed E-state index contributed by atoms with van der Waals surface area (Å²) < 4.78 is 5.03. The Morgan fingerprint density at radius 3 is 2.16 bits per heavy atom. The first-order chi connectivity index (χ1) is 8.65. The molecule has 0 aromatic carbocycles. The first-order valence-corrected chi connectivity index (χ1v) is 6.90. The minimum absolute atomic E-state index is 0.0270. The van der Waals surface area contributed by atoms with Gasteiger partial charge in [-0.2, -0.15) is 0 Å². The summed E-state index contributed by atoms with van der Waals surface area (Å²) in [6.45, 7) is 7.54. The second kappa shape index (κ2) is 8.38. The molecule has 0 heterocycles. The number of ether oxygens (including phenoxy) is 1. The smallest absolute Gasteiger partial charge is 0.324 e. The number of rotatable bonds is 8. The highest BCUT2D eigenvalue weighted by atomic mass is 35.5. The van der Waals surface area contributed by atoms with E-state index >= 15 is 0 Å². The van der Waals surface area contributed by atoms with Gasteiger partial charge in [0.1, 0.15) is 6.04 Å². The number of halogens is 1. The molecule has 0 saturated carbocycles. The molecule has 0 fully saturated rings. The topological polar surface area (TPSA) is 89.6 Å². The van der Waals surface area contributed by atoms with Crippen molar-refractivity contribution in [3.63, 3.8) is 0 Å². The molecule has 0 aromatic rings. The van der Waals surface area contributed by atoms with Crippen LogP contribution in [0.2, 0.25) is 0 Å². The number of carboxylic acid groups (broad SMARTS) is 1. The van der Waals surface area contributed by atoms with Gasteiger partial charge in [0, 0.05) is 5.92 Å². The highest BCUT2D eigenvalue weighted by molar-refractivity contribution is 6.20. The molecule has 0 aromatic heterocycles. The molecule has 6 heteroatoms. The molecule has 0 rings (SSSR count). The molecule has 0 bridgehead atoms. The number of carboxylic acids is 1. The van der Waals surface area contributed by atoms with Crippen LogP contribution in [0.25, 0.3) is 0 Å². The Labute approximate surface area is 119 Å². The molecule has 3 atom stereocenters. The van der Waals surface area contributed by atoms with Gasteiger partial charge in [0.2, 0.25) is 0 Å². The Hall–Kier alpha value is -0.810. The van der Waals surface area contributed by atoms with Crippen LogP contribution in [-0.4, -0.2) is 28.7 Å². The van der Waals surface area contributed by atoms with E-state index in [4.69, 9.17) is 27.2 Å². The molecule has 112 valence electrons. The highest BCUT2D eigenvalue weighted by Crippen LogP contribution is 2.21. The maximum absolute atomic E-state index is 11.8. The van der Waals surface area contributed by atoms with E-state index in [1.54, 1.807) is 0 Å². The van der Waals surface area contributed by atoms with Gasteiger partial charge in [-0.15, -0.1) is 0 Å². The second-order valence-corrected chi connectivity index (χ2v) is 5.98. The summed E-state index contributed by atoms with van der Waals surface area (Å²) in [6, 6.07) is -0.960. The van der Waals surface area contributed by atoms with Crippen molar-refractivity contribution in [2.24, 2.45) is 23.5 Å². The summed E-state index contributed by atoms with van der Waals surface area (Å²) >= 11 is 5.86. The van der Waals surface area contributed by atoms with Crippen molar-refractivity contribution in [3.8, 4) is 0 Å². The number of nitrogens with two attached hydrogens (primary N) is 1. The zero-order valence-electron chi connectivity index (χ0n) is 11.9. The Bertz CT molecular complexity index is 307. The fourth-order valence-electron chi connectivity index (χ4n) is 1.70. The molecule has 0 aliphatic rings. The average Bonchev–Trinajstić information content (AvgIpc) is 2.25. The maximum atomic E-state index is 11.8. The van der Waals surface area contributed by atoms with Crippen molar-refractivity contribution in [1.82, 2.24) is 0 Å². The summed E-state index contributed by atoms with van der Waals surface area (Å²) in [6.07, 6.45) is 0.403. The van der Waals surface area contributed by atoms with E-state index in [1.807, 2.05) is 27.7 Å². The summed E-state index contributed by atoms with van der Waals surface area (Å²) in [7, 11) is 0. The molecule has 5 nitrogen and oxygen atoms in total. The zero-order chi connectivity index (χ0) is 15.2. The normalized spacial score (nSPS) is 16.2. The lowest BCUT2D eigenvalue weighted by molar-refractivity contribution is -0.150. The monoisotopic (exact) mass is 293 g/mol. The predicted molar refractivity (Wildman–Crippen MR) is 73.7 cm³/mol. The second-order valence-electron chi connectivity index (χ2n) is 5.55. The Morgan fingerprint density at radius 1 is 1.26 bits per heavy atom. The number of hydrogen-bond acceptors (Lipinski definition) is 4. The molecular weight excluding hydrogens is 270 g/mol. The Balaban J connectivity index is 4.63. The highest BCUT2D eigenvalue weighted by Gasteiger charge is 2.30. The molecule has 0 spiro atoms. The van der Waals surface area contributed by atoms with Crippen molar-refractivity contribution in [1.29, 1.82) is 0 Å². The van der Waals surface area contributed by atoms with E-state index in [0.717, 1.165) is 0 Å². The summed E-state index contributed by atoms with van der Waals surface area (Å²) in [4.78, 5) is 22.7. The van der Waals surface area contributed by atoms with E-state index < -0.39 is 29.5 Å². The van der Waals surface area contributed by atoms with Crippen LogP contribution in [0.1, 0.15) is 40.5 Å². The van der Waals surface area contributed by atoms with Crippen LogP contribution in [0.5, 0.6) is 0 Å². The average molecular weight is 294 g/mol. The third-order valence-corrected chi connectivity index (χ3v) is 3.34. The molecule has 0 aliphatic heterocycles. The van der Waals surface area contributed by atoms with Crippen molar-refractivity contribution >= 4 is 23.5 Å². The van der Waals surface area contributed by atoms with Crippen molar-refractivity contribution in [2.45, 2.75) is 52.1 Å². The van der Waals surface area contributed by atoms with Crippen molar-refractivity contribution in [2.75, 3.05) is 0 Å². The van der Waals surface area contributed by atoms with Gasteiger partial charge < -0.3 is 15.6 Å². The quantitative estimate of drug-likeness (QED) is 0.529. The molecule has 0 radical (unpaired) electrons. The third kappa shape index (κ3) is 7.38. The van der Waals surface area contributed by atoms with Gasteiger partial charge in [0.25, 0.3) is 0 Å². The summed E-state index contributed by atoms with van der Waals surface area (Å²) in [5.41, 5.74) is 5.06. The van der Waals surface area contributed by atoms with Crippen LogP contribution >= 0.6 is 11.6 Å². The molecule has 0 saturated heterocycles. The third-order valence-electron chi connectivity index (χ3n) is 2.74. The van der Waals surface area contributed by atoms with Gasteiger partial charge in [-0.05, 0) is 18.3 Å². The molecule has 19 heavy (non-hydrogen) atoms.